The average Bonchev–Trinajstić information content (AvgIpc) is 4.04. The first-order valence-corrected chi connectivity index (χ1v) is 18.9. The molecule has 4 aromatic heterocycles. The molecule has 0 N–H and O–H groups in total. The van der Waals surface area contributed by atoms with Crippen LogP contribution in [0.4, 0.5) is 0 Å². The second-order valence-electron chi connectivity index (χ2n) is 14.2. The van der Waals surface area contributed by atoms with Crippen LogP contribution in [0.1, 0.15) is 0 Å². The summed E-state index contributed by atoms with van der Waals surface area (Å²) in [4.78, 5) is 0. The van der Waals surface area contributed by atoms with E-state index in [4.69, 9.17) is 14.6 Å². The number of benzene rings is 8. The molecule has 0 spiro atoms. The number of rotatable bonds is 5. The predicted octanol–water partition coefficient (Wildman–Crippen LogP) is 12.7. The van der Waals surface area contributed by atoms with Crippen molar-refractivity contribution in [3.05, 3.63) is 188 Å². The molecule has 262 valence electrons. The zero-order valence-electron chi connectivity index (χ0n) is 30.0. The van der Waals surface area contributed by atoms with Gasteiger partial charge < -0.3 is 13.6 Å². The van der Waals surface area contributed by atoms with Crippen LogP contribution >= 0.6 is 0 Å². The number of para-hydroxylation sites is 6. The fourth-order valence-electron chi connectivity index (χ4n) is 8.88. The fourth-order valence-corrected chi connectivity index (χ4v) is 8.88. The molecule has 12 aromatic rings. The topological polar surface area (TPSA) is 53.7 Å². The average molecular weight is 718 g/mol. The molecule has 0 saturated heterocycles. The second kappa shape index (κ2) is 11.9. The van der Waals surface area contributed by atoms with Crippen LogP contribution in [-0.4, -0.2) is 23.9 Å². The zero-order chi connectivity index (χ0) is 36.7. The van der Waals surface area contributed by atoms with Crippen molar-refractivity contribution in [1.82, 2.24) is 23.9 Å². The van der Waals surface area contributed by atoms with Gasteiger partial charge >= 0.3 is 0 Å². The van der Waals surface area contributed by atoms with Gasteiger partial charge in [0.1, 0.15) is 11.2 Å². The molecular formula is C50H31N5O. The smallest absolute Gasteiger partial charge is 0.169 e. The molecule has 56 heavy (non-hydrogen) atoms. The normalized spacial score (nSPS) is 11.9. The number of hydrogen-bond donors (Lipinski definition) is 0. The molecule has 0 aliphatic rings. The van der Waals surface area contributed by atoms with Gasteiger partial charge in [-0.15, -0.1) is 10.2 Å². The maximum atomic E-state index is 6.46. The molecule has 0 radical (unpaired) electrons. The minimum Gasteiger partial charge on any atom is -0.456 e. The van der Waals surface area contributed by atoms with E-state index in [1.165, 1.54) is 10.8 Å². The zero-order valence-corrected chi connectivity index (χ0v) is 30.0. The SMILES string of the molecule is c1ccc(-c2nnc(-c3cccc4c3c3ccccc3n4-c3ccccc3-n3c4ccccc4c4ccc5oc6ccccc6c5c43)n2-c2ccccc2)cc1. The molecule has 6 nitrogen and oxygen atoms in total. The summed E-state index contributed by atoms with van der Waals surface area (Å²) in [6.45, 7) is 0. The predicted molar refractivity (Wildman–Crippen MR) is 228 cm³/mol. The third-order valence-corrected chi connectivity index (χ3v) is 11.2. The van der Waals surface area contributed by atoms with Crippen molar-refractivity contribution in [1.29, 1.82) is 0 Å². The van der Waals surface area contributed by atoms with E-state index in [0.717, 1.165) is 94.6 Å². The molecule has 12 rings (SSSR count). The van der Waals surface area contributed by atoms with E-state index in [9.17, 15) is 0 Å². The Morgan fingerprint density at radius 3 is 1.77 bits per heavy atom. The number of aromatic nitrogens is 5. The summed E-state index contributed by atoms with van der Waals surface area (Å²) in [6.07, 6.45) is 0. The van der Waals surface area contributed by atoms with Crippen LogP contribution in [-0.2, 0) is 0 Å². The molecule has 0 bridgehead atoms. The van der Waals surface area contributed by atoms with Gasteiger partial charge in [0.2, 0.25) is 0 Å². The van der Waals surface area contributed by atoms with Crippen LogP contribution in [0.15, 0.2) is 192 Å². The fraction of sp³-hybridized carbons (Fsp3) is 0. The van der Waals surface area contributed by atoms with Crippen LogP contribution in [0.25, 0.3) is 105 Å². The van der Waals surface area contributed by atoms with E-state index in [0.29, 0.717) is 0 Å². The lowest BCUT2D eigenvalue weighted by molar-refractivity contribution is 0.669. The van der Waals surface area contributed by atoms with Crippen LogP contribution in [0, 0.1) is 0 Å². The summed E-state index contributed by atoms with van der Waals surface area (Å²) in [5.74, 6) is 1.58. The third-order valence-electron chi connectivity index (χ3n) is 11.2. The highest BCUT2D eigenvalue weighted by Gasteiger charge is 2.25. The van der Waals surface area contributed by atoms with Gasteiger partial charge in [-0.3, -0.25) is 4.57 Å². The lowest BCUT2D eigenvalue weighted by Crippen LogP contribution is -2.03. The van der Waals surface area contributed by atoms with Crippen molar-refractivity contribution >= 4 is 65.6 Å². The highest BCUT2D eigenvalue weighted by atomic mass is 16.3. The van der Waals surface area contributed by atoms with Gasteiger partial charge in [-0.2, -0.15) is 0 Å². The van der Waals surface area contributed by atoms with Gasteiger partial charge in [-0.25, -0.2) is 0 Å². The molecule has 0 saturated carbocycles. The van der Waals surface area contributed by atoms with Crippen LogP contribution < -0.4 is 0 Å². The third kappa shape index (κ3) is 4.32. The molecule has 0 aliphatic heterocycles. The summed E-state index contributed by atoms with van der Waals surface area (Å²) < 4.78 is 13.5. The van der Waals surface area contributed by atoms with Gasteiger partial charge in [0.25, 0.3) is 0 Å². The van der Waals surface area contributed by atoms with Gasteiger partial charge in [0, 0.05) is 43.7 Å². The summed E-state index contributed by atoms with van der Waals surface area (Å²) in [6, 6.07) is 66.1. The Hall–Kier alpha value is -7.70. The minimum atomic E-state index is 0.786. The van der Waals surface area contributed by atoms with Gasteiger partial charge in [-0.05, 0) is 60.7 Å². The van der Waals surface area contributed by atoms with E-state index in [1.807, 2.05) is 30.3 Å². The standard InChI is InChI=1S/C50H31N5O/c1-3-16-32(17-4-1)49-51-52-50(53(49)33-18-5-2-6-19-33)38-23-15-28-43-46(38)36-21-8-11-25-40(36)54(43)41-26-12-13-27-42(41)55-39-24-10-7-20-34(39)35-30-31-45-47(48(35)55)37-22-9-14-29-44(37)56-45/h1-31H. The van der Waals surface area contributed by atoms with E-state index < -0.39 is 0 Å². The van der Waals surface area contributed by atoms with Crippen LogP contribution in [0.3, 0.4) is 0 Å². The second-order valence-corrected chi connectivity index (χ2v) is 14.2. The largest absolute Gasteiger partial charge is 0.456 e. The van der Waals surface area contributed by atoms with Crippen molar-refractivity contribution in [2.24, 2.45) is 0 Å². The first-order valence-electron chi connectivity index (χ1n) is 18.9. The highest BCUT2D eigenvalue weighted by Crippen LogP contribution is 2.44. The molecule has 0 amide bonds. The highest BCUT2D eigenvalue weighted by molar-refractivity contribution is 6.24. The maximum Gasteiger partial charge on any atom is 0.169 e. The summed E-state index contributed by atoms with van der Waals surface area (Å²) in [5.41, 5.74) is 11.4. The van der Waals surface area contributed by atoms with Crippen LogP contribution in [0.2, 0.25) is 0 Å². The lowest BCUT2D eigenvalue weighted by Gasteiger charge is -2.17. The van der Waals surface area contributed by atoms with E-state index in [-0.39, 0.29) is 0 Å². The molecule has 4 heterocycles. The van der Waals surface area contributed by atoms with E-state index >= 15 is 0 Å². The van der Waals surface area contributed by atoms with Gasteiger partial charge in [0.05, 0.1) is 38.8 Å². The number of furan rings is 1. The van der Waals surface area contributed by atoms with Crippen molar-refractivity contribution < 1.29 is 4.42 Å². The van der Waals surface area contributed by atoms with Gasteiger partial charge in [-0.1, -0.05) is 127 Å². The Bertz CT molecular complexity index is 3480. The monoisotopic (exact) mass is 717 g/mol. The maximum absolute atomic E-state index is 6.46. The molecule has 0 atom stereocenters. The first-order chi connectivity index (χ1) is 27.8. The molecular weight excluding hydrogens is 687 g/mol. The quantitative estimate of drug-likeness (QED) is 0.178. The molecule has 8 aromatic carbocycles. The number of fused-ring (bicyclic) bond motifs is 10. The lowest BCUT2D eigenvalue weighted by atomic mass is 10.1. The molecule has 6 heteroatoms. The van der Waals surface area contributed by atoms with Crippen molar-refractivity contribution in [2.75, 3.05) is 0 Å². The Labute approximate surface area is 320 Å². The van der Waals surface area contributed by atoms with Gasteiger partial charge in [0.15, 0.2) is 11.6 Å². The van der Waals surface area contributed by atoms with E-state index in [2.05, 4.69) is 171 Å². The molecule has 0 aliphatic carbocycles. The number of nitrogens with zero attached hydrogens (tertiary/aromatic N) is 5. The van der Waals surface area contributed by atoms with Crippen molar-refractivity contribution in [3.63, 3.8) is 0 Å². The van der Waals surface area contributed by atoms with Crippen molar-refractivity contribution in [3.8, 4) is 39.8 Å². The molecule has 0 fully saturated rings. The van der Waals surface area contributed by atoms with Crippen LogP contribution in [0.5, 0.6) is 0 Å². The minimum absolute atomic E-state index is 0.786. The summed E-state index contributed by atoms with van der Waals surface area (Å²) in [5, 5.41) is 16.6. The molecule has 0 unspecified atom stereocenters. The first kappa shape index (κ1) is 30.7. The van der Waals surface area contributed by atoms with E-state index in [1.54, 1.807) is 0 Å². The van der Waals surface area contributed by atoms with Crippen molar-refractivity contribution in [2.45, 2.75) is 0 Å². The Morgan fingerprint density at radius 2 is 0.964 bits per heavy atom. The summed E-state index contributed by atoms with van der Waals surface area (Å²) in [7, 11) is 0. The summed E-state index contributed by atoms with van der Waals surface area (Å²) >= 11 is 0. The number of hydrogen-bond acceptors (Lipinski definition) is 3. The Morgan fingerprint density at radius 1 is 0.357 bits per heavy atom. The Balaban J connectivity index is 1.18. The Kier molecular flexibility index (Phi) is 6.53.